The van der Waals surface area contributed by atoms with Gasteiger partial charge in [0.1, 0.15) is 12.4 Å². The molecule has 30 heavy (non-hydrogen) atoms. The summed E-state index contributed by atoms with van der Waals surface area (Å²) in [5, 5.41) is 12.0. The van der Waals surface area contributed by atoms with Crippen LogP contribution in [0, 0.1) is 12.8 Å². The molecule has 1 aliphatic heterocycles. The van der Waals surface area contributed by atoms with Gasteiger partial charge in [-0.3, -0.25) is 9.69 Å². The molecule has 162 valence electrons. The number of fused-ring (bicyclic) bond motifs is 1. The lowest BCUT2D eigenvalue weighted by Crippen LogP contribution is -2.48. The van der Waals surface area contributed by atoms with Gasteiger partial charge in [0.15, 0.2) is 0 Å². The Morgan fingerprint density at radius 2 is 2.20 bits per heavy atom. The Kier molecular flexibility index (Phi) is 6.76. The fourth-order valence-electron chi connectivity index (χ4n) is 4.28. The maximum Gasteiger partial charge on any atom is 0.237 e. The van der Waals surface area contributed by atoms with E-state index in [0.29, 0.717) is 25.6 Å². The van der Waals surface area contributed by atoms with Crippen LogP contribution in [0.4, 0.5) is 0 Å². The summed E-state index contributed by atoms with van der Waals surface area (Å²) in [5.41, 5.74) is 2.38. The summed E-state index contributed by atoms with van der Waals surface area (Å²) in [5.74, 6) is 1.65. The van der Waals surface area contributed by atoms with Crippen LogP contribution in [0.15, 0.2) is 35.7 Å². The maximum atomic E-state index is 13.3. The monoisotopic (exact) mass is 428 g/mol. The van der Waals surface area contributed by atoms with E-state index in [0.717, 1.165) is 30.8 Å². The molecule has 1 saturated carbocycles. The molecule has 0 unspecified atom stereocenters. The minimum atomic E-state index is -0.429. The third-order valence-electron chi connectivity index (χ3n) is 5.91. The van der Waals surface area contributed by atoms with Crippen LogP contribution in [-0.4, -0.2) is 59.7 Å². The number of benzene rings is 1. The Balaban J connectivity index is 1.47. The smallest absolute Gasteiger partial charge is 0.237 e. The van der Waals surface area contributed by atoms with E-state index in [1.54, 1.807) is 18.3 Å². The van der Waals surface area contributed by atoms with E-state index in [-0.39, 0.29) is 11.9 Å². The second-order valence-corrected chi connectivity index (χ2v) is 9.77. The highest BCUT2D eigenvalue weighted by Gasteiger charge is 2.34. The van der Waals surface area contributed by atoms with Crippen LogP contribution in [-0.2, 0) is 11.2 Å². The summed E-state index contributed by atoms with van der Waals surface area (Å²) in [6.07, 6.45) is 2.94. The number of hydrogen-bond acceptors (Lipinski definition) is 5. The lowest BCUT2D eigenvalue weighted by atomic mass is 10.0. The average molecular weight is 429 g/mol. The van der Waals surface area contributed by atoms with E-state index in [1.165, 1.54) is 23.3 Å². The summed E-state index contributed by atoms with van der Waals surface area (Å²) < 4.78 is 6.13. The first-order chi connectivity index (χ1) is 14.5. The van der Waals surface area contributed by atoms with Gasteiger partial charge >= 0.3 is 0 Å². The Morgan fingerprint density at radius 1 is 1.37 bits per heavy atom. The molecule has 1 N–H and O–H groups in total. The normalized spacial score (nSPS) is 19.6. The van der Waals surface area contributed by atoms with Crippen molar-refractivity contribution in [1.29, 1.82) is 0 Å². The molecule has 0 radical (unpaired) electrons. The van der Waals surface area contributed by atoms with Gasteiger partial charge in [-0.15, -0.1) is 11.3 Å². The number of carbonyl (C=O) groups excluding carboxylic acids is 1. The Hall–Kier alpha value is -1.89. The number of aryl methyl sites for hydroxylation is 1. The van der Waals surface area contributed by atoms with Crippen LogP contribution in [0.25, 0.3) is 0 Å². The first-order valence-corrected chi connectivity index (χ1v) is 11.8. The molecule has 2 aromatic rings. The van der Waals surface area contributed by atoms with Crippen molar-refractivity contribution >= 4 is 17.2 Å². The predicted octanol–water partition coefficient (Wildman–Crippen LogP) is 3.65. The fourth-order valence-corrected chi connectivity index (χ4v) is 5.21. The first kappa shape index (κ1) is 21.3. The average Bonchev–Trinajstić information content (AvgIpc) is 3.37. The van der Waals surface area contributed by atoms with Crippen molar-refractivity contribution in [2.75, 3.05) is 32.8 Å². The Bertz CT molecular complexity index is 858. The van der Waals surface area contributed by atoms with Gasteiger partial charge in [-0.1, -0.05) is 12.1 Å². The highest BCUT2D eigenvalue weighted by molar-refractivity contribution is 7.10. The second kappa shape index (κ2) is 9.50. The van der Waals surface area contributed by atoms with Crippen molar-refractivity contribution in [3.05, 3.63) is 51.7 Å². The van der Waals surface area contributed by atoms with Crippen molar-refractivity contribution in [2.24, 2.45) is 5.92 Å². The van der Waals surface area contributed by atoms with Crippen molar-refractivity contribution in [3.63, 3.8) is 0 Å². The summed E-state index contributed by atoms with van der Waals surface area (Å²) in [6, 6.07) is 10.1. The van der Waals surface area contributed by atoms with Crippen molar-refractivity contribution in [1.82, 2.24) is 9.80 Å². The minimum Gasteiger partial charge on any atom is -0.491 e. The van der Waals surface area contributed by atoms with Crippen LogP contribution < -0.4 is 4.74 Å². The lowest BCUT2D eigenvalue weighted by molar-refractivity contribution is -0.136. The zero-order chi connectivity index (χ0) is 21.1. The molecule has 5 nitrogen and oxygen atoms in total. The van der Waals surface area contributed by atoms with Crippen LogP contribution >= 0.6 is 11.3 Å². The summed E-state index contributed by atoms with van der Waals surface area (Å²) >= 11 is 1.77. The molecule has 1 aliphatic carbocycles. The number of carbonyl (C=O) groups is 1. The molecule has 2 atom stereocenters. The van der Waals surface area contributed by atoms with E-state index < -0.39 is 6.10 Å². The third-order valence-corrected chi connectivity index (χ3v) is 6.90. The van der Waals surface area contributed by atoms with Crippen molar-refractivity contribution in [2.45, 2.75) is 45.3 Å². The minimum absolute atomic E-state index is 0.0673. The zero-order valence-electron chi connectivity index (χ0n) is 17.9. The highest BCUT2D eigenvalue weighted by Crippen LogP contribution is 2.34. The number of nitrogens with zero attached hydrogens (tertiary/aromatic N) is 2. The molecule has 1 aromatic heterocycles. The molecule has 0 spiro atoms. The van der Waals surface area contributed by atoms with Gasteiger partial charge in [-0.2, -0.15) is 0 Å². The molecule has 2 aliphatic rings. The van der Waals surface area contributed by atoms with E-state index >= 15 is 0 Å². The Labute approximate surface area is 183 Å². The molecule has 0 bridgehead atoms. The van der Waals surface area contributed by atoms with Crippen LogP contribution in [0.2, 0.25) is 0 Å². The number of hydrogen-bond donors (Lipinski definition) is 1. The number of amides is 1. The predicted molar refractivity (Wildman–Crippen MR) is 120 cm³/mol. The molecule has 1 fully saturated rings. The number of aliphatic hydroxyl groups is 1. The second-order valence-electron chi connectivity index (χ2n) is 8.77. The lowest BCUT2D eigenvalue weighted by Gasteiger charge is -2.37. The molecule has 1 amide bonds. The van der Waals surface area contributed by atoms with Crippen LogP contribution in [0.1, 0.15) is 41.8 Å². The number of aliphatic hydroxyl groups excluding tert-OH is 1. The van der Waals surface area contributed by atoms with E-state index in [9.17, 15) is 9.90 Å². The summed E-state index contributed by atoms with van der Waals surface area (Å²) in [7, 11) is 0. The summed E-state index contributed by atoms with van der Waals surface area (Å²) in [6.45, 7) is 6.83. The molecule has 4 rings (SSSR count). The third kappa shape index (κ3) is 5.42. The molecule has 0 saturated heterocycles. The van der Waals surface area contributed by atoms with Gasteiger partial charge in [-0.05, 0) is 73.7 Å². The SMILES string of the molecule is Cc1cccc(OC[C@H]2c3ccsc3CCN2C(=O)CN(CC2CC2)C[C@H](C)O)c1. The van der Waals surface area contributed by atoms with Gasteiger partial charge in [-0.25, -0.2) is 0 Å². The van der Waals surface area contributed by atoms with Crippen molar-refractivity contribution in [3.8, 4) is 5.75 Å². The molecule has 6 heteroatoms. The first-order valence-electron chi connectivity index (χ1n) is 10.9. The van der Waals surface area contributed by atoms with Gasteiger partial charge < -0.3 is 14.7 Å². The van der Waals surface area contributed by atoms with Gasteiger partial charge in [0.05, 0.1) is 18.7 Å². The quantitative estimate of drug-likeness (QED) is 0.662. The number of ether oxygens (including phenoxy) is 1. The van der Waals surface area contributed by atoms with Gasteiger partial charge in [0, 0.05) is 24.5 Å². The topological polar surface area (TPSA) is 53.0 Å². The van der Waals surface area contributed by atoms with E-state index in [4.69, 9.17) is 4.74 Å². The molecular formula is C24H32N2O3S. The van der Waals surface area contributed by atoms with Gasteiger partial charge in [0.25, 0.3) is 0 Å². The fraction of sp³-hybridized carbons (Fsp3) is 0.542. The Morgan fingerprint density at radius 3 is 2.93 bits per heavy atom. The maximum absolute atomic E-state index is 13.3. The highest BCUT2D eigenvalue weighted by atomic mass is 32.1. The number of thiophene rings is 1. The van der Waals surface area contributed by atoms with Gasteiger partial charge in [0.2, 0.25) is 5.91 Å². The summed E-state index contributed by atoms with van der Waals surface area (Å²) in [4.78, 5) is 18.8. The molecule has 1 aromatic carbocycles. The van der Waals surface area contributed by atoms with Crippen LogP contribution in [0.3, 0.4) is 0 Å². The van der Waals surface area contributed by atoms with E-state index in [2.05, 4.69) is 29.3 Å². The largest absolute Gasteiger partial charge is 0.491 e. The number of rotatable bonds is 9. The van der Waals surface area contributed by atoms with E-state index in [1.807, 2.05) is 23.1 Å². The standard InChI is InChI=1S/C24H32N2O3S/c1-17-4-3-5-20(12-17)29-16-22-21-9-11-30-23(21)8-10-26(22)24(28)15-25(13-18(2)27)14-19-6-7-19/h3-5,9,11-12,18-19,22,27H,6-8,10,13-16H2,1-2H3/t18-,22-/m0/s1. The molecular weight excluding hydrogens is 396 g/mol. The zero-order valence-corrected chi connectivity index (χ0v) is 18.7. The van der Waals surface area contributed by atoms with Crippen molar-refractivity contribution < 1.29 is 14.6 Å². The molecule has 2 heterocycles. The van der Waals surface area contributed by atoms with Crippen LogP contribution in [0.5, 0.6) is 5.75 Å².